The predicted octanol–water partition coefficient (Wildman–Crippen LogP) is 3.35. The highest BCUT2D eigenvalue weighted by Gasteiger charge is 2.66. The van der Waals surface area contributed by atoms with Crippen LogP contribution in [0.1, 0.15) is 46.5 Å². The van der Waals surface area contributed by atoms with Gasteiger partial charge in [0.2, 0.25) is 0 Å². The Balaban J connectivity index is 0.00000169. The molecule has 2 heterocycles. The lowest BCUT2D eigenvalue weighted by Gasteiger charge is -2.63. The minimum atomic E-state index is 0. The summed E-state index contributed by atoms with van der Waals surface area (Å²) in [6.45, 7) is 10.9. The lowest BCUT2D eigenvalue weighted by Crippen LogP contribution is -2.73. The number of nitrogens with one attached hydrogen (secondary N) is 1. The number of nitrogens with zero attached hydrogens (tertiary/aromatic N) is 2. The van der Waals surface area contributed by atoms with Gasteiger partial charge in [-0.2, -0.15) is 11.8 Å². The molecule has 4 rings (SSSR count). The van der Waals surface area contributed by atoms with E-state index < -0.39 is 0 Å². The number of guanidine groups is 1. The molecule has 4 aliphatic rings. The van der Waals surface area contributed by atoms with Crippen LogP contribution in [0.4, 0.5) is 0 Å². The Morgan fingerprint density at radius 1 is 1.38 bits per heavy atom. The summed E-state index contributed by atoms with van der Waals surface area (Å²) in [5.74, 6) is 3.06. The summed E-state index contributed by atoms with van der Waals surface area (Å²) < 4.78 is 6.38. The molecule has 1 spiro atoms. The smallest absolute Gasteiger partial charge is 0.194 e. The topological polar surface area (TPSA) is 36.9 Å². The van der Waals surface area contributed by atoms with Crippen LogP contribution in [0.5, 0.6) is 0 Å². The average Bonchev–Trinajstić information content (AvgIpc) is 2.86. The van der Waals surface area contributed by atoms with E-state index in [1.807, 2.05) is 0 Å². The van der Waals surface area contributed by atoms with Gasteiger partial charge in [0, 0.05) is 54.1 Å². The molecule has 24 heavy (non-hydrogen) atoms. The van der Waals surface area contributed by atoms with Crippen molar-refractivity contribution in [1.29, 1.82) is 0 Å². The molecule has 4 fully saturated rings. The van der Waals surface area contributed by atoms with E-state index in [-0.39, 0.29) is 24.0 Å². The Hall–Kier alpha value is 0.310. The van der Waals surface area contributed by atoms with Crippen molar-refractivity contribution in [1.82, 2.24) is 10.2 Å². The van der Waals surface area contributed by atoms with Crippen LogP contribution in [0, 0.1) is 11.3 Å². The fourth-order valence-electron chi connectivity index (χ4n) is 5.18. The molecular formula is C18H32IN3OS. The Morgan fingerprint density at radius 3 is 2.79 bits per heavy atom. The fraction of sp³-hybridized carbons (Fsp3) is 0.944. The summed E-state index contributed by atoms with van der Waals surface area (Å²) in [5.41, 5.74) is 0.426. The van der Waals surface area contributed by atoms with E-state index in [4.69, 9.17) is 9.73 Å². The van der Waals surface area contributed by atoms with Crippen LogP contribution in [0.25, 0.3) is 0 Å². The van der Waals surface area contributed by atoms with Crippen LogP contribution in [0.3, 0.4) is 0 Å². The maximum absolute atomic E-state index is 6.06. The number of ether oxygens (including phenoxy) is 1. The van der Waals surface area contributed by atoms with Crippen molar-refractivity contribution in [2.24, 2.45) is 16.3 Å². The molecule has 0 aromatic heterocycles. The number of hydrogen-bond acceptors (Lipinski definition) is 3. The molecule has 138 valence electrons. The molecule has 6 heteroatoms. The molecule has 3 atom stereocenters. The van der Waals surface area contributed by atoms with Crippen molar-refractivity contribution < 1.29 is 4.74 Å². The molecule has 4 nitrogen and oxygen atoms in total. The van der Waals surface area contributed by atoms with E-state index in [9.17, 15) is 0 Å². The zero-order valence-corrected chi connectivity index (χ0v) is 18.4. The predicted molar refractivity (Wildman–Crippen MR) is 113 cm³/mol. The number of fused-ring (bicyclic) bond motifs is 2. The molecule has 3 unspecified atom stereocenters. The van der Waals surface area contributed by atoms with E-state index in [0.717, 1.165) is 32.2 Å². The Kier molecular flexibility index (Phi) is 5.68. The van der Waals surface area contributed by atoms with E-state index in [0.29, 0.717) is 28.2 Å². The fourth-order valence-corrected chi connectivity index (χ4v) is 6.29. The van der Waals surface area contributed by atoms with E-state index in [1.54, 1.807) is 0 Å². The molecule has 2 saturated heterocycles. The molecular weight excluding hydrogens is 433 g/mol. The standard InChI is InChI=1S/C18H31N3OS.HI/c1-4-19-16(21-9-11-23-17(2,3)12-21)20-14-13-6-10-22-15(13)18(14)7-5-8-18;/h13-15H,4-12H2,1-3H3,(H,19,20);1H. The first-order valence-electron chi connectivity index (χ1n) is 9.37. The summed E-state index contributed by atoms with van der Waals surface area (Å²) in [6, 6.07) is 0.590. The van der Waals surface area contributed by atoms with E-state index in [1.165, 1.54) is 31.4 Å². The summed E-state index contributed by atoms with van der Waals surface area (Å²) in [5, 5.41) is 3.91. The number of rotatable bonds is 2. The quantitative estimate of drug-likeness (QED) is 0.386. The molecule has 2 aliphatic carbocycles. The minimum Gasteiger partial charge on any atom is -0.377 e. The Labute approximate surface area is 168 Å². The number of thioether (sulfide) groups is 1. The van der Waals surface area contributed by atoms with Crippen LogP contribution in [-0.4, -0.2) is 59.7 Å². The molecule has 0 aromatic carbocycles. The van der Waals surface area contributed by atoms with Crippen LogP contribution >= 0.6 is 35.7 Å². The van der Waals surface area contributed by atoms with Crippen molar-refractivity contribution in [3.63, 3.8) is 0 Å². The Morgan fingerprint density at radius 2 is 2.17 bits per heavy atom. The monoisotopic (exact) mass is 465 g/mol. The van der Waals surface area contributed by atoms with Gasteiger partial charge in [-0.15, -0.1) is 24.0 Å². The lowest BCUT2D eigenvalue weighted by molar-refractivity contribution is -0.171. The van der Waals surface area contributed by atoms with Gasteiger partial charge in [0.15, 0.2) is 5.96 Å². The summed E-state index contributed by atoms with van der Waals surface area (Å²) in [4.78, 5) is 7.35. The molecule has 2 aliphatic heterocycles. The molecule has 0 aromatic rings. The molecule has 0 bridgehead atoms. The number of aliphatic imine (C=N–C) groups is 1. The summed E-state index contributed by atoms with van der Waals surface area (Å²) >= 11 is 2.08. The minimum absolute atomic E-state index is 0. The molecule has 1 N–H and O–H groups in total. The van der Waals surface area contributed by atoms with Crippen LogP contribution < -0.4 is 5.32 Å². The van der Waals surface area contributed by atoms with Gasteiger partial charge in [0.05, 0.1) is 6.10 Å². The maximum atomic E-state index is 6.06. The van der Waals surface area contributed by atoms with Gasteiger partial charge in [0.1, 0.15) is 0 Å². The highest BCUT2D eigenvalue weighted by Crippen LogP contribution is 2.62. The second-order valence-corrected chi connectivity index (χ2v) is 10.1. The highest BCUT2D eigenvalue weighted by atomic mass is 127. The van der Waals surface area contributed by atoms with Crippen LogP contribution in [-0.2, 0) is 4.74 Å². The van der Waals surface area contributed by atoms with Crippen molar-refractivity contribution in [2.45, 2.75) is 63.3 Å². The van der Waals surface area contributed by atoms with Gasteiger partial charge in [-0.25, -0.2) is 0 Å². The van der Waals surface area contributed by atoms with Crippen molar-refractivity contribution in [2.75, 3.05) is 32.0 Å². The zero-order chi connectivity index (χ0) is 16.1. The first-order chi connectivity index (χ1) is 11.1. The lowest BCUT2D eigenvalue weighted by atomic mass is 9.46. The second kappa shape index (κ2) is 7.14. The van der Waals surface area contributed by atoms with Crippen molar-refractivity contribution in [3.05, 3.63) is 0 Å². The third-order valence-electron chi connectivity index (χ3n) is 6.35. The van der Waals surface area contributed by atoms with Crippen LogP contribution in [0.2, 0.25) is 0 Å². The Bertz CT molecular complexity index is 495. The van der Waals surface area contributed by atoms with E-state index >= 15 is 0 Å². The third-order valence-corrected chi connectivity index (χ3v) is 7.65. The number of hydrogen-bond donors (Lipinski definition) is 1. The second-order valence-electron chi connectivity index (χ2n) is 8.28. The van der Waals surface area contributed by atoms with Crippen LogP contribution in [0.15, 0.2) is 4.99 Å². The van der Waals surface area contributed by atoms with Gasteiger partial charge in [0.25, 0.3) is 0 Å². The zero-order valence-electron chi connectivity index (χ0n) is 15.2. The molecule has 0 radical (unpaired) electrons. The SMILES string of the molecule is CCN=C(NC1C2CCOC2C12CCC2)N1CCSC(C)(C)C1.I. The van der Waals surface area contributed by atoms with Gasteiger partial charge in [-0.3, -0.25) is 4.99 Å². The molecule has 0 amide bonds. The molecule has 2 saturated carbocycles. The third kappa shape index (κ3) is 3.08. The number of halogens is 1. The normalized spacial score (nSPS) is 36.4. The van der Waals surface area contributed by atoms with Gasteiger partial charge >= 0.3 is 0 Å². The van der Waals surface area contributed by atoms with Crippen molar-refractivity contribution in [3.8, 4) is 0 Å². The summed E-state index contributed by atoms with van der Waals surface area (Å²) in [6.07, 6.45) is 5.81. The maximum Gasteiger partial charge on any atom is 0.194 e. The first kappa shape index (κ1) is 19.1. The van der Waals surface area contributed by atoms with Gasteiger partial charge < -0.3 is 15.0 Å². The van der Waals surface area contributed by atoms with Gasteiger partial charge in [-0.1, -0.05) is 6.42 Å². The first-order valence-corrected chi connectivity index (χ1v) is 10.4. The summed E-state index contributed by atoms with van der Waals surface area (Å²) in [7, 11) is 0. The van der Waals surface area contributed by atoms with Gasteiger partial charge in [-0.05, 0) is 40.0 Å². The largest absolute Gasteiger partial charge is 0.377 e. The highest BCUT2D eigenvalue weighted by molar-refractivity contribution is 14.0. The van der Waals surface area contributed by atoms with E-state index in [2.05, 4.69) is 42.7 Å². The van der Waals surface area contributed by atoms with Crippen molar-refractivity contribution >= 4 is 41.7 Å². The average molecular weight is 465 g/mol.